The first-order chi connectivity index (χ1) is 12.1. The van der Waals surface area contributed by atoms with Crippen LogP contribution in [0.15, 0.2) is 43.1 Å². The van der Waals surface area contributed by atoms with Gasteiger partial charge in [0.25, 0.3) is 0 Å². The van der Waals surface area contributed by atoms with Crippen LogP contribution < -0.4 is 4.74 Å². The van der Waals surface area contributed by atoms with Gasteiger partial charge in [-0.25, -0.2) is 0 Å². The maximum atomic E-state index is 5.41. The first kappa shape index (κ1) is 19.5. The molecule has 0 saturated carbocycles. The molecule has 0 N–H and O–H groups in total. The van der Waals surface area contributed by atoms with Crippen LogP contribution in [0, 0.1) is 5.92 Å². The number of benzene rings is 1. The molecule has 0 fully saturated rings. The molecule has 0 aliphatic carbocycles. The Morgan fingerprint density at radius 1 is 1.28 bits per heavy atom. The van der Waals surface area contributed by atoms with Crippen molar-refractivity contribution in [2.45, 2.75) is 46.1 Å². The summed E-state index contributed by atoms with van der Waals surface area (Å²) in [5.41, 5.74) is 2.39. The van der Waals surface area contributed by atoms with Gasteiger partial charge in [-0.05, 0) is 61.6 Å². The third-order valence-corrected chi connectivity index (χ3v) is 4.92. The predicted octanol–water partition coefficient (Wildman–Crippen LogP) is 5.10. The van der Waals surface area contributed by atoms with Gasteiger partial charge in [-0.2, -0.15) is 0 Å². The molecule has 2 aromatic rings. The molecular formula is C22H32N2O. The Morgan fingerprint density at radius 2 is 2.08 bits per heavy atom. The number of fused-ring (bicyclic) bond motifs is 1. The fraction of sp³-hybridized carbons (Fsp3) is 0.500. The summed E-state index contributed by atoms with van der Waals surface area (Å²) in [6, 6.07) is 8.82. The summed E-state index contributed by atoms with van der Waals surface area (Å²) in [5, 5.41) is 1.20. The van der Waals surface area contributed by atoms with Crippen molar-refractivity contribution in [1.82, 2.24) is 9.88 Å². The zero-order chi connectivity index (χ0) is 18.2. The van der Waals surface area contributed by atoms with E-state index in [1.165, 1.54) is 17.4 Å². The van der Waals surface area contributed by atoms with Gasteiger partial charge in [0.05, 0.1) is 12.6 Å². The van der Waals surface area contributed by atoms with Crippen LogP contribution in [0.3, 0.4) is 0 Å². The third-order valence-electron chi connectivity index (χ3n) is 4.92. The minimum absolute atomic E-state index is 0.509. The van der Waals surface area contributed by atoms with Crippen molar-refractivity contribution >= 4 is 10.9 Å². The number of hydrogen-bond acceptors (Lipinski definition) is 3. The lowest BCUT2D eigenvalue weighted by Gasteiger charge is -2.32. The Hall–Kier alpha value is -1.87. The Morgan fingerprint density at radius 3 is 2.72 bits per heavy atom. The maximum absolute atomic E-state index is 5.41. The molecule has 2 atom stereocenters. The van der Waals surface area contributed by atoms with E-state index in [4.69, 9.17) is 4.74 Å². The molecule has 2 rings (SSSR count). The molecule has 0 aliphatic heterocycles. The van der Waals surface area contributed by atoms with Gasteiger partial charge in [0.1, 0.15) is 5.75 Å². The van der Waals surface area contributed by atoms with Crippen LogP contribution in [-0.4, -0.2) is 36.1 Å². The van der Waals surface area contributed by atoms with Gasteiger partial charge < -0.3 is 4.74 Å². The second-order valence-corrected chi connectivity index (χ2v) is 6.83. The molecule has 0 spiro atoms. The molecule has 25 heavy (non-hydrogen) atoms. The summed E-state index contributed by atoms with van der Waals surface area (Å²) >= 11 is 0. The molecule has 136 valence electrons. The molecule has 3 nitrogen and oxygen atoms in total. The largest absolute Gasteiger partial charge is 0.497 e. The number of pyridine rings is 1. The predicted molar refractivity (Wildman–Crippen MR) is 107 cm³/mol. The van der Waals surface area contributed by atoms with Crippen LogP contribution in [-0.2, 0) is 6.42 Å². The monoisotopic (exact) mass is 340 g/mol. The number of nitrogens with zero attached hydrogens (tertiary/aromatic N) is 2. The highest BCUT2D eigenvalue weighted by Gasteiger charge is 2.19. The molecule has 2 unspecified atom stereocenters. The van der Waals surface area contributed by atoms with Gasteiger partial charge in [0.2, 0.25) is 0 Å². The molecule has 0 saturated heterocycles. The summed E-state index contributed by atoms with van der Waals surface area (Å²) in [6.07, 6.45) is 7.32. The number of aromatic nitrogens is 1. The smallest absolute Gasteiger partial charge is 0.119 e. The molecular weight excluding hydrogens is 308 g/mol. The average molecular weight is 341 g/mol. The van der Waals surface area contributed by atoms with Crippen molar-refractivity contribution in [3.8, 4) is 5.75 Å². The van der Waals surface area contributed by atoms with Crippen molar-refractivity contribution in [3.05, 3.63) is 48.7 Å². The number of ether oxygens (including phenoxy) is 1. The van der Waals surface area contributed by atoms with E-state index in [0.29, 0.717) is 12.0 Å². The van der Waals surface area contributed by atoms with Crippen LogP contribution in [0.2, 0.25) is 0 Å². The zero-order valence-electron chi connectivity index (χ0n) is 16.2. The standard InChI is InChI=1S/C22H32N2O/c1-6-13-24(16-17(4)7-2)19(8-3)14-18-11-12-23-22-10-9-20(25-5)15-21(18)22/h7,9-12,15,17,19H,2,6,8,13-14,16H2,1,3-5H3. The quantitative estimate of drug-likeness (QED) is 0.563. The summed E-state index contributed by atoms with van der Waals surface area (Å²) in [5.74, 6) is 1.40. The van der Waals surface area contributed by atoms with Crippen LogP contribution in [0.4, 0.5) is 0 Å². The Bertz CT molecular complexity index is 683. The van der Waals surface area contributed by atoms with Crippen molar-refractivity contribution in [2.24, 2.45) is 5.92 Å². The van der Waals surface area contributed by atoms with E-state index in [9.17, 15) is 0 Å². The van der Waals surface area contributed by atoms with Crippen LogP contribution >= 0.6 is 0 Å². The van der Waals surface area contributed by atoms with E-state index in [2.05, 4.69) is 55.4 Å². The topological polar surface area (TPSA) is 25.4 Å². The fourth-order valence-electron chi connectivity index (χ4n) is 3.43. The SMILES string of the molecule is C=CC(C)CN(CCC)C(CC)Cc1ccnc2ccc(OC)cc12. The zero-order valence-corrected chi connectivity index (χ0v) is 16.2. The Labute approximate surface area is 152 Å². The number of hydrogen-bond donors (Lipinski definition) is 0. The van der Waals surface area contributed by atoms with Crippen molar-refractivity contribution in [1.29, 1.82) is 0 Å². The lowest BCUT2D eigenvalue weighted by molar-refractivity contribution is 0.175. The summed E-state index contributed by atoms with van der Waals surface area (Å²) in [4.78, 5) is 7.13. The summed E-state index contributed by atoms with van der Waals surface area (Å²) in [6.45, 7) is 12.9. The van der Waals surface area contributed by atoms with Crippen molar-refractivity contribution < 1.29 is 4.74 Å². The van der Waals surface area contributed by atoms with Crippen LogP contribution in [0.25, 0.3) is 10.9 Å². The lowest BCUT2D eigenvalue weighted by atomic mass is 9.98. The second kappa shape index (κ2) is 9.57. The molecule has 3 heteroatoms. The maximum Gasteiger partial charge on any atom is 0.119 e. The Balaban J connectivity index is 2.30. The minimum Gasteiger partial charge on any atom is -0.497 e. The highest BCUT2D eigenvalue weighted by Crippen LogP contribution is 2.25. The lowest BCUT2D eigenvalue weighted by Crippen LogP contribution is -2.39. The fourth-order valence-corrected chi connectivity index (χ4v) is 3.43. The second-order valence-electron chi connectivity index (χ2n) is 6.83. The number of methoxy groups -OCH3 is 1. The van der Waals surface area contributed by atoms with Gasteiger partial charge in [-0.15, -0.1) is 6.58 Å². The van der Waals surface area contributed by atoms with E-state index in [-0.39, 0.29) is 0 Å². The highest BCUT2D eigenvalue weighted by atomic mass is 16.5. The van der Waals surface area contributed by atoms with E-state index >= 15 is 0 Å². The van der Waals surface area contributed by atoms with E-state index < -0.39 is 0 Å². The summed E-state index contributed by atoms with van der Waals surface area (Å²) in [7, 11) is 1.71. The van der Waals surface area contributed by atoms with Crippen LogP contribution in [0.5, 0.6) is 5.75 Å². The molecule has 0 radical (unpaired) electrons. The normalized spacial score (nSPS) is 13.8. The van der Waals surface area contributed by atoms with Gasteiger partial charge >= 0.3 is 0 Å². The average Bonchev–Trinajstić information content (AvgIpc) is 2.65. The molecule has 0 amide bonds. The molecule has 1 aromatic heterocycles. The van der Waals surface area contributed by atoms with Gasteiger partial charge in [-0.1, -0.05) is 26.8 Å². The van der Waals surface area contributed by atoms with Crippen molar-refractivity contribution in [2.75, 3.05) is 20.2 Å². The van der Waals surface area contributed by atoms with Gasteiger partial charge in [0, 0.05) is 24.2 Å². The van der Waals surface area contributed by atoms with E-state index in [1.807, 2.05) is 18.3 Å². The first-order valence-corrected chi connectivity index (χ1v) is 9.41. The molecule has 1 heterocycles. The number of rotatable bonds is 10. The molecule has 0 bridgehead atoms. The molecule has 1 aromatic carbocycles. The van der Waals surface area contributed by atoms with Crippen LogP contribution in [0.1, 0.15) is 39.2 Å². The highest BCUT2D eigenvalue weighted by molar-refractivity contribution is 5.83. The summed E-state index contributed by atoms with van der Waals surface area (Å²) < 4.78 is 5.41. The first-order valence-electron chi connectivity index (χ1n) is 9.41. The van der Waals surface area contributed by atoms with E-state index in [1.54, 1.807) is 7.11 Å². The van der Waals surface area contributed by atoms with Crippen molar-refractivity contribution in [3.63, 3.8) is 0 Å². The van der Waals surface area contributed by atoms with Gasteiger partial charge in [-0.3, -0.25) is 9.88 Å². The molecule has 0 aliphatic rings. The van der Waals surface area contributed by atoms with E-state index in [0.717, 1.165) is 37.2 Å². The third kappa shape index (κ3) is 5.05. The Kier molecular flexibility index (Phi) is 7.45. The minimum atomic E-state index is 0.509. The van der Waals surface area contributed by atoms with Gasteiger partial charge in [0.15, 0.2) is 0 Å².